The Morgan fingerprint density at radius 2 is 1.39 bits per heavy atom. The third-order valence-electron chi connectivity index (χ3n) is 5.66. The van der Waals surface area contributed by atoms with E-state index in [0.717, 1.165) is 47.0 Å². The summed E-state index contributed by atoms with van der Waals surface area (Å²) < 4.78 is 12.0. The normalized spacial score (nSPS) is 16.1. The predicted molar refractivity (Wildman–Crippen MR) is 128 cm³/mol. The fourth-order valence-electron chi connectivity index (χ4n) is 3.73. The van der Waals surface area contributed by atoms with Crippen LogP contribution in [0, 0.1) is 0 Å². The molecule has 0 aliphatic heterocycles. The molecule has 0 atom stereocenters. The topological polar surface area (TPSA) is 18.5 Å². The van der Waals surface area contributed by atoms with Crippen LogP contribution in [0.2, 0.25) is 0 Å². The summed E-state index contributed by atoms with van der Waals surface area (Å²) in [6.45, 7) is 12.5. The number of hydrogen-bond donors (Lipinski definition) is 0. The van der Waals surface area contributed by atoms with Crippen LogP contribution in [0.1, 0.15) is 37.8 Å². The van der Waals surface area contributed by atoms with Gasteiger partial charge >= 0.3 is 0 Å². The van der Waals surface area contributed by atoms with Gasteiger partial charge in [-0.1, -0.05) is 69.5 Å². The van der Waals surface area contributed by atoms with E-state index < -0.39 is 0 Å². The first kappa shape index (κ1) is 20.7. The molecule has 2 nitrogen and oxygen atoms in total. The molecule has 0 saturated carbocycles. The van der Waals surface area contributed by atoms with E-state index in [0.29, 0.717) is 0 Å². The fourth-order valence-corrected chi connectivity index (χ4v) is 3.73. The summed E-state index contributed by atoms with van der Waals surface area (Å²) in [6.07, 6.45) is 13.7. The largest absolute Gasteiger partial charge is 0.461 e. The van der Waals surface area contributed by atoms with Crippen LogP contribution in [0.5, 0.6) is 11.5 Å². The van der Waals surface area contributed by atoms with Gasteiger partial charge in [0.2, 0.25) is 0 Å². The van der Waals surface area contributed by atoms with Gasteiger partial charge in [-0.2, -0.15) is 0 Å². The third-order valence-corrected chi connectivity index (χ3v) is 5.66. The molecular formula is C29H28O2. The van der Waals surface area contributed by atoms with E-state index in [1.54, 1.807) is 0 Å². The van der Waals surface area contributed by atoms with Crippen LogP contribution in [0.4, 0.5) is 0 Å². The molecule has 0 spiro atoms. The molecule has 0 unspecified atom stereocenters. The highest BCUT2D eigenvalue weighted by Gasteiger charge is 2.23. The van der Waals surface area contributed by atoms with Crippen molar-refractivity contribution < 1.29 is 9.47 Å². The maximum absolute atomic E-state index is 6.01. The van der Waals surface area contributed by atoms with E-state index in [2.05, 4.69) is 57.3 Å². The van der Waals surface area contributed by atoms with E-state index in [1.807, 2.05) is 54.6 Å². The Morgan fingerprint density at radius 1 is 0.774 bits per heavy atom. The highest BCUT2D eigenvalue weighted by molar-refractivity contribution is 5.43. The number of rotatable bonds is 6. The lowest BCUT2D eigenvalue weighted by Gasteiger charge is -2.26. The van der Waals surface area contributed by atoms with Gasteiger partial charge in [0.05, 0.1) is 0 Å². The lowest BCUT2D eigenvalue weighted by molar-refractivity contribution is 0.412. The van der Waals surface area contributed by atoms with Gasteiger partial charge in [0.1, 0.15) is 23.0 Å². The summed E-state index contributed by atoms with van der Waals surface area (Å²) in [5, 5.41) is 0. The van der Waals surface area contributed by atoms with Crippen LogP contribution in [0.15, 0.2) is 121 Å². The summed E-state index contributed by atoms with van der Waals surface area (Å²) in [5.41, 5.74) is 4.43. The second kappa shape index (κ2) is 8.69. The molecule has 0 heterocycles. The van der Waals surface area contributed by atoms with E-state index in [-0.39, 0.29) is 5.41 Å². The Labute approximate surface area is 185 Å². The molecule has 2 aliphatic carbocycles. The number of benzene rings is 2. The number of hydrogen-bond acceptors (Lipinski definition) is 2. The smallest absolute Gasteiger partial charge is 0.127 e. The fraction of sp³-hybridized carbons (Fsp3) is 0.172. The molecule has 2 heteroatoms. The van der Waals surface area contributed by atoms with Crippen molar-refractivity contribution >= 4 is 0 Å². The van der Waals surface area contributed by atoms with Crippen LogP contribution in [-0.4, -0.2) is 0 Å². The zero-order valence-electron chi connectivity index (χ0n) is 18.2. The Hall–Kier alpha value is -3.52. The van der Waals surface area contributed by atoms with E-state index in [9.17, 15) is 0 Å². The SMILES string of the molecule is C=C1C=C(Oc2ccc(C(C)(C)c3ccc(OC4=CC=CC(=C)C4)cc3)cc2)C=CC1. The lowest BCUT2D eigenvalue weighted by Crippen LogP contribution is -2.18. The molecule has 0 fully saturated rings. The first-order valence-electron chi connectivity index (χ1n) is 10.6. The van der Waals surface area contributed by atoms with E-state index in [4.69, 9.17) is 9.47 Å². The molecule has 31 heavy (non-hydrogen) atoms. The average Bonchev–Trinajstić information content (AvgIpc) is 2.75. The first-order chi connectivity index (χ1) is 14.9. The van der Waals surface area contributed by atoms with Crippen LogP contribution in [0.3, 0.4) is 0 Å². The van der Waals surface area contributed by atoms with E-state index >= 15 is 0 Å². The van der Waals surface area contributed by atoms with Crippen molar-refractivity contribution in [2.45, 2.75) is 32.1 Å². The Morgan fingerprint density at radius 3 is 1.97 bits per heavy atom. The Balaban J connectivity index is 1.45. The maximum atomic E-state index is 6.01. The molecule has 0 radical (unpaired) electrons. The van der Waals surface area contributed by atoms with E-state index in [1.165, 1.54) is 11.1 Å². The molecule has 0 saturated heterocycles. The van der Waals surface area contributed by atoms with Gasteiger partial charge in [-0.3, -0.25) is 0 Å². The minimum Gasteiger partial charge on any atom is -0.461 e. The second-order valence-electron chi connectivity index (χ2n) is 8.52. The molecule has 2 aromatic carbocycles. The van der Waals surface area contributed by atoms with Gasteiger partial charge in [0.25, 0.3) is 0 Å². The van der Waals surface area contributed by atoms with Crippen molar-refractivity contribution in [3.63, 3.8) is 0 Å². The molecule has 0 bridgehead atoms. The average molecular weight is 409 g/mol. The lowest BCUT2D eigenvalue weighted by atomic mass is 9.78. The van der Waals surface area contributed by atoms with Gasteiger partial charge in [0, 0.05) is 11.8 Å². The molecule has 0 N–H and O–H groups in total. The first-order valence-corrected chi connectivity index (χ1v) is 10.6. The molecule has 156 valence electrons. The van der Waals surface area contributed by atoms with Crippen LogP contribution in [0.25, 0.3) is 0 Å². The zero-order valence-corrected chi connectivity index (χ0v) is 18.2. The van der Waals surface area contributed by atoms with Crippen molar-refractivity contribution in [3.05, 3.63) is 132 Å². The highest BCUT2D eigenvalue weighted by atomic mass is 16.5. The Bertz CT molecular complexity index is 1100. The molecule has 2 aliphatic rings. The zero-order chi connectivity index (χ0) is 21.8. The minimum absolute atomic E-state index is 0.142. The molecule has 0 aromatic heterocycles. The van der Waals surface area contributed by atoms with Gasteiger partial charge in [-0.25, -0.2) is 0 Å². The predicted octanol–water partition coefficient (Wildman–Crippen LogP) is 7.57. The van der Waals surface area contributed by atoms with Gasteiger partial charge in [0.15, 0.2) is 0 Å². The van der Waals surface area contributed by atoms with Gasteiger partial charge in [-0.15, -0.1) is 0 Å². The minimum atomic E-state index is -0.142. The summed E-state index contributed by atoms with van der Waals surface area (Å²) in [5.74, 6) is 3.41. The second-order valence-corrected chi connectivity index (χ2v) is 8.52. The van der Waals surface area contributed by atoms with Crippen molar-refractivity contribution in [1.29, 1.82) is 0 Å². The van der Waals surface area contributed by atoms with Crippen LogP contribution in [-0.2, 0) is 5.41 Å². The molecule has 2 aromatic rings. The summed E-state index contributed by atoms with van der Waals surface area (Å²) in [6, 6.07) is 16.6. The van der Waals surface area contributed by atoms with Gasteiger partial charge < -0.3 is 9.47 Å². The van der Waals surface area contributed by atoms with Crippen molar-refractivity contribution in [1.82, 2.24) is 0 Å². The Kier molecular flexibility index (Phi) is 5.81. The maximum Gasteiger partial charge on any atom is 0.127 e. The van der Waals surface area contributed by atoms with Crippen molar-refractivity contribution in [3.8, 4) is 11.5 Å². The number of ether oxygens (including phenoxy) is 2. The van der Waals surface area contributed by atoms with Crippen LogP contribution < -0.4 is 9.47 Å². The summed E-state index contributed by atoms with van der Waals surface area (Å²) >= 11 is 0. The molecule has 0 amide bonds. The van der Waals surface area contributed by atoms with Crippen molar-refractivity contribution in [2.24, 2.45) is 0 Å². The highest BCUT2D eigenvalue weighted by Crippen LogP contribution is 2.34. The third kappa shape index (κ3) is 4.97. The monoisotopic (exact) mass is 408 g/mol. The molecule has 4 rings (SSSR count). The van der Waals surface area contributed by atoms with Gasteiger partial charge in [-0.05, 0) is 71.2 Å². The standard InChI is InChI=1S/C29H28O2/c1-21-7-5-9-27(19-21)30-25-15-11-23(12-16-25)29(3,4)24-13-17-26(18-14-24)31-28-10-6-8-22(2)20-28/h5-7,9-18,20H,1-2,8,19H2,3-4H3. The molecular weight excluding hydrogens is 380 g/mol. The quantitative estimate of drug-likeness (QED) is 0.491. The van der Waals surface area contributed by atoms with Crippen molar-refractivity contribution in [2.75, 3.05) is 0 Å². The summed E-state index contributed by atoms with van der Waals surface area (Å²) in [7, 11) is 0. The summed E-state index contributed by atoms with van der Waals surface area (Å²) in [4.78, 5) is 0. The van der Waals surface area contributed by atoms with Crippen LogP contribution >= 0.6 is 0 Å². The number of allylic oxidation sites excluding steroid dienone is 8.